The van der Waals surface area contributed by atoms with Crippen LogP contribution in [0.5, 0.6) is 0 Å². The van der Waals surface area contributed by atoms with E-state index in [9.17, 15) is 9.18 Å². The van der Waals surface area contributed by atoms with Crippen LogP contribution in [0.1, 0.15) is 21.7 Å². The van der Waals surface area contributed by atoms with Gasteiger partial charge in [0.25, 0.3) is 0 Å². The van der Waals surface area contributed by atoms with Gasteiger partial charge in [-0.15, -0.1) is 0 Å². The molecule has 0 spiro atoms. The van der Waals surface area contributed by atoms with Crippen LogP contribution < -0.4 is 0 Å². The zero-order valence-electron chi connectivity index (χ0n) is 10.6. The number of ketones is 1. The van der Waals surface area contributed by atoms with Crippen LogP contribution in [0.4, 0.5) is 4.39 Å². The summed E-state index contributed by atoms with van der Waals surface area (Å²) >= 11 is 5.89. The van der Waals surface area contributed by atoms with E-state index in [1.54, 1.807) is 37.3 Å². The van der Waals surface area contributed by atoms with Crippen molar-refractivity contribution in [3.8, 4) is 0 Å². The van der Waals surface area contributed by atoms with Crippen LogP contribution in [0, 0.1) is 12.7 Å². The van der Waals surface area contributed by atoms with E-state index in [0.717, 1.165) is 5.39 Å². The monoisotopic (exact) mass is 288 g/mol. The Bertz CT molecular complexity index is 800. The Kier molecular flexibility index (Phi) is 3.07. The van der Waals surface area contributed by atoms with Crippen LogP contribution in [0.3, 0.4) is 0 Å². The van der Waals surface area contributed by atoms with E-state index < -0.39 is 5.82 Å². The average molecular weight is 289 g/mol. The molecule has 0 aliphatic rings. The Labute approximate surface area is 119 Å². The molecule has 0 aliphatic heterocycles. The number of halogens is 2. The van der Waals surface area contributed by atoms with Gasteiger partial charge in [0.05, 0.1) is 0 Å². The summed E-state index contributed by atoms with van der Waals surface area (Å²) in [6, 6.07) is 10.9. The number of hydrogen-bond donors (Lipinski definition) is 0. The molecule has 0 saturated carbocycles. The molecule has 0 saturated heterocycles. The van der Waals surface area contributed by atoms with E-state index in [4.69, 9.17) is 16.0 Å². The number of carbonyl (C=O) groups excluding carboxylic acids is 1. The fraction of sp³-hybridized carbons (Fsp3) is 0.0625. The Morgan fingerprint density at radius 3 is 2.70 bits per heavy atom. The minimum absolute atomic E-state index is 0.173. The molecule has 100 valence electrons. The first kappa shape index (κ1) is 12.9. The first-order chi connectivity index (χ1) is 9.52. The zero-order chi connectivity index (χ0) is 14.3. The molecule has 0 bridgehead atoms. The molecule has 0 atom stereocenters. The number of hydrogen-bond acceptors (Lipinski definition) is 2. The van der Waals surface area contributed by atoms with Crippen LogP contribution >= 0.6 is 11.6 Å². The van der Waals surface area contributed by atoms with Crippen LogP contribution in [0.15, 0.2) is 46.9 Å². The van der Waals surface area contributed by atoms with Gasteiger partial charge in [0.15, 0.2) is 5.76 Å². The summed E-state index contributed by atoms with van der Waals surface area (Å²) in [5.41, 5.74) is 1.53. The Morgan fingerprint density at radius 1 is 1.15 bits per heavy atom. The molecule has 0 radical (unpaired) electrons. The smallest absolute Gasteiger partial charge is 0.228 e. The van der Waals surface area contributed by atoms with E-state index in [0.29, 0.717) is 16.2 Å². The molecule has 0 aliphatic carbocycles. The highest BCUT2D eigenvalue weighted by Crippen LogP contribution is 2.25. The average Bonchev–Trinajstić information content (AvgIpc) is 2.79. The molecule has 3 aromatic rings. The maximum Gasteiger partial charge on any atom is 0.228 e. The molecule has 2 nitrogen and oxygen atoms in total. The highest BCUT2D eigenvalue weighted by molar-refractivity contribution is 6.31. The minimum atomic E-state index is -0.437. The number of fused-ring (bicyclic) bond motifs is 1. The van der Waals surface area contributed by atoms with Crippen molar-refractivity contribution >= 4 is 28.4 Å². The molecule has 0 unspecified atom stereocenters. The highest BCUT2D eigenvalue weighted by atomic mass is 35.5. The van der Waals surface area contributed by atoms with E-state index in [2.05, 4.69) is 0 Å². The van der Waals surface area contributed by atoms with E-state index in [1.165, 1.54) is 12.1 Å². The summed E-state index contributed by atoms with van der Waals surface area (Å²) in [7, 11) is 0. The first-order valence-corrected chi connectivity index (χ1v) is 6.42. The predicted octanol–water partition coefficient (Wildman–Crippen LogP) is 4.76. The summed E-state index contributed by atoms with van der Waals surface area (Å²) in [5.74, 6) is -0.611. The Balaban J connectivity index is 2.07. The minimum Gasteiger partial charge on any atom is -0.453 e. The van der Waals surface area contributed by atoms with Gasteiger partial charge in [-0.25, -0.2) is 4.39 Å². The lowest BCUT2D eigenvalue weighted by atomic mass is 10.1. The summed E-state index contributed by atoms with van der Waals surface area (Å²) in [4.78, 5) is 12.3. The van der Waals surface area contributed by atoms with Crippen molar-refractivity contribution in [2.75, 3.05) is 0 Å². The van der Waals surface area contributed by atoms with Gasteiger partial charge in [0.2, 0.25) is 5.78 Å². The lowest BCUT2D eigenvalue weighted by molar-refractivity contribution is 0.101. The lowest BCUT2D eigenvalue weighted by Crippen LogP contribution is -2.00. The number of aryl methyl sites for hydroxylation is 1. The topological polar surface area (TPSA) is 30.2 Å². The first-order valence-electron chi connectivity index (χ1n) is 6.04. The van der Waals surface area contributed by atoms with Crippen molar-refractivity contribution in [2.45, 2.75) is 6.92 Å². The third-order valence-corrected chi connectivity index (χ3v) is 3.24. The molecule has 1 heterocycles. The summed E-state index contributed by atoms with van der Waals surface area (Å²) in [6.45, 7) is 1.73. The van der Waals surface area contributed by atoms with E-state index >= 15 is 0 Å². The van der Waals surface area contributed by atoms with Crippen molar-refractivity contribution in [3.05, 3.63) is 70.2 Å². The van der Waals surface area contributed by atoms with Crippen molar-refractivity contribution in [2.24, 2.45) is 0 Å². The quantitative estimate of drug-likeness (QED) is 0.636. The zero-order valence-corrected chi connectivity index (χ0v) is 11.4. The Hall–Kier alpha value is -2.13. The van der Waals surface area contributed by atoms with Gasteiger partial charge < -0.3 is 4.42 Å². The molecule has 0 fully saturated rings. The standard InChI is InChI=1S/C16H10ClFO2/c1-9-4-11(7-13(18)5-9)16(19)15-8-10-6-12(17)2-3-14(10)20-15/h2-8H,1H3. The van der Waals surface area contributed by atoms with E-state index in [-0.39, 0.29) is 17.1 Å². The van der Waals surface area contributed by atoms with Gasteiger partial charge in [0, 0.05) is 16.0 Å². The lowest BCUT2D eigenvalue weighted by Gasteiger charge is -2.00. The molecule has 4 heteroatoms. The van der Waals surface area contributed by atoms with E-state index in [1.807, 2.05) is 0 Å². The van der Waals surface area contributed by atoms with Crippen molar-refractivity contribution in [3.63, 3.8) is 0 Å². The number of furan rings is 1. The van der Waals surface area contributed by atoms with Crippen molar-refractivity contribution in [1.82, 2.24) is 0 Å². The van der Waals surface area contributed by atoms with Crippen LogP contribution in [-0.4, -0.2) is 5.78 Å². The molecule has 3 rings (SSSR count). The van der Waals surface area contributed by atoms with Gasteiger partial charge in [-0.3, -0.25) is 4.79 Å². The molecule has 20 heavy (non-hydrogen) atoms. The van der Waals surface area contributed by atoms with Gasteiger partial charge >= 0.3 is 0 Å². The number of benzene rings is 2. The molecular formula is C16H10ClFO2. The summed E-state index contributed by atoms with van der Waals surface area (Å²) in [5, 5.41) is 1.31. The normalized spacial score (nSPS) is 10.9. The highest BCUT2D eigenvalue weighted by Gasteiger charge is 2.16. The summed E-state index contributed by atoms with van der Waals surface area (Å²) in [6.07, 6.45) is 0. The molecule has 0 N–H and O–H groups in total. The fourth-order valence-corrected chi connectivity index (χ4v) is 2.32. The SMILES string of the molecule is Cc1cc(F)cc(C(=O)c2cc3cc(Cl)ccc3o2)c1. The summed E-state index contributed by atoms with van der Waals surface area (Å²) < 4.78 is 18.8. The number of carbonyl (C=O) groups is 1. The fourth-order valence-electron chi connectivity index (χ4n) is 2.14. The van der Waals surface area contributed by atoms with Gasteiger partial charge in [-0.2, -0.15) is 0 Å². The molecule has 2 aromatic carbocycles. The van der Waals surface area contributed by atoms with Crippen LogP contribution in [0.2, 0.25) is 5.02 Å². The Morgan fingerprint density at radius 2 is 1.95 bits per heavy atom. The van der Waals surface area contributed by atoms with Crippen molar-refractivity contribution < 1.29 is 13.6 Å². The van der Waals surface area contributed by atoms with Crippen LogP contribution in [-0.2, 0) is 0 Å². The van der Waals surface area contributed by atoms with Gasteiger partial charge in [-0.1, -0.05) is 11.6 Å². The molecule has 1 aromatic heterocycles. The number of rotatable bonds is 2. The van der Waals surface area contributed by atoms with Gasteiger partial charge in [-0.05, 0) is 55.0 Å². The predicted molar refractivity (Wildman–Crippen MR) is 75.8 cm³/mol. The molecular weight excluding hydrogens is 279 g/mol. The third-order valence-electron chi connectivity index (χ3n) is 3.01. The van der Waals surface area contributed by atoms with Gasteiger partial charge in [0.1, 0.15) is 11.4 Å². The molecule has 0 amide bonds. The maximum atomic E-state index is 13.4. The second-order valence-corrected chi connectivity index (χ2v) is 5.08. The second-order valence-electron chi connectivity index (χ2n) is 4.64. The largest absolute Gasteiger partial charge is 0.453 e. The van der Waals surface area contributed by atoms with Crippen molar-refractivity contribution in [1.29, 1.82) is 0 Å². The second kappa shape index (κ2) is 4.76. The third kappa shape index (κ3) is 2.32. The van der Waals surface area contributed by atoms with Crippen LogP contribution in [0.25, 0.3) is 11.0 Å². The maximum absolute atomic E-state index is 13.4.